The maximum absolute atomic E-state index is 11.7. The lowest BCUT2D eigenvalue weighted by atomic mass is 10.1. The van der Waals surface area contributed by atoms with Crippen LogP contribution in [0.15, 0.2) is 30.3 Å². The minimum Gasteiger partial charge on any atom is -0.481 e. The summed E-state index contributed by atoms with van der Waals surface area (Å²) in [6, 6.07) is 6.00. The Morgan fingerprint density at radius 2 is 1.67 bits per heavy atom. The van der Waals surface area contributed by atoms with Crippen LogP contribution in [0.4, 0.5) is 0 Å². The first-order valence-electron chi connectivity index (χ1n) is 10.1. The molecular weight excluding hydrogens is 432 g/mol. The molecule has 1 aromatic carbocycles. The number of amides is 3. The number of carbonyl (C=O) groups excluding carboxylic acids is 5. The molecule has 33 heavy (non-hydrogen) atoms. The lowest BCUT2D eigenvalue weighted by Crippen LogP contribution is -2.39. The van der Waals surface area contributed by atoms with Gasteiger partial charge in [0.2, 0.25) is 11.8 Å². The zero-order chi connectivity index (χ0) is 25.6. The van der Waals surface area contributed by atoms with E-state index in [0.29, 0.717) is 18.1 Å². The predicted molar refractivity (Wildman–Crippen MR) is 123 cm³/mol. The summed E-state index contributed by atoms with van der Waals surface area (Å²) >= 11 is 0. The van der Waals surface area contributed by atoms with Crippen LogP contribution in [0.5, 0.6) is 0 Å². The maximum atomic E-state index is 11.7. The number of hydrogen-bond donors (Lipinski definition) is 5. The molecule has 0 fully saturated rings. The number of aldehydes is 2. The van der Waals surface area contributed by atoms with Crippen LogP contribution >= 0.6 is 0 Å². The predicted octanol–water partition coefficient (Wildman–Crippen LogP) is -0.106. The van der Waals surface area contributed by atoms with Gasteiger partial charge in [-0.05, 0) is 37.2 Å². The average Bonchev–Trinajstić information content (AvgIpc) is 2.81. The van der Waals surface area contributed by atoms with Crippen LogP contribution in [0.3, 0.4) is 0 Å². The smallest absolute Gasteiger partial charge is 0.303 e. The molecule has 1 rings (SSSR count). The first-order chi connectivity index (χ1) is 15.7. The molecule has 0 aromatic heterocycles. The maximum Gasteiger partial charge on any atom is 0.303 e. The lowest BCUT2D eigenvalue weighted by molar-refractivity contribution is -0.137. The van der Waals surface area contributed by atoms with E-state index in [4.69, 9.17) is 10.8 Å². The van der Waals surface area contributed by atoms with Gasteiger partial charge in [-0.25, -0.2) is 0 Å². The number of hydrogen-bond acceptors (Lipinski definition) is 7. The van der Waals surface area contributed by atoms with Crippen molar-refractivity contribution in [2.45, 2.75) is 32.7 Å². The van der Waals surface area contributed by atoms with Crippen molar-refractivity contribution in [1.29, 1.82) is 0 Å². The van der Waals surface area contributed by atoms with Crippen molar-refractivity contribution in [1.82, 2.24) is 16.0 Å². The van der Waals surface area contributed by atoms with Crippen LogP contribution in [-0.2, 0) is 24.0 Å². The molecule has 0 bridgehead atoms. The number of allylic oxidation sites excluding steroid dienone is 1. The molecule has 0 saturated carbocycles. The number of likely N-dealkylation sites (N-methyl/N-ethyl adjacent to an activating group) is 1. The van der Waals surface area contributed by atoms with Gasteiger partial charge in [0.25, 0.3) is 5.91 Å². The van der Waals surface area contributed by atoms with Gasteiger partial charge >= 0.3 is 5.97 Å². The number of aliphatic carboxylic acids is 1. The van der Waals surface area contributed by atoms with Gasteiger partial charge in [-0.2, -0.15) is 0 Å². The first kappa shape index (κ1) is 31.3. The fourth-order valence-electron chi connectivity index (χ4n) is 2.07. The Morgan fingerprint density at radius 1 is 1.06 bits per heavy atom. The number of carboxylic acids is 1. The third-order valence-electron chi connectivity index (χ3n) is 3.67. The fraction of sp³-hybridized carbons (Fsp3) is 0.364. The lowest BCUT2D eigenvalue weighted by Gasteiger charge is -2.09. The minimum absolute atomic E-state index is 0.0472. The molecule has 3 amide bonds. The molecule has 1 unspecified atom stereocenters. The van der Waals surface area contributed by atoms with E-state index in [1.54, 1.807) is 37.4 Å². The molecule has 0 aliphatic rings. The van der Waals surface area contributed by atoms with Crippen LogP contribution in [0.2, 0.25) is 0 Å². The fourth-order valence-corrected chi connectivity index (χ4v) is 2.07. The summed E-state index contributed by atoms with van der Waals surface area (Å²) in [5, 5.41) is 15.6. The Balaban J connectivity index is 0. The summed E-state index contributed by atoms with van der Waals surface area (Å²) in [5.41, 5.74) is 6.13. The number of nitrogens with one attached hydrogen (secondary N) is 3. The van der Waals surface area contributed by atoms with Crippen molar-refractivity contribution in [2.24, 2.45) is 5.73 Å². The molecule has 0 aliphatic carbocycles. The van der Waals surface area contributed by atoms with Gasteiger partial charge in [-0.15, -0.1) is 0 Å². The second-order valence-electron chi connectivity index (χ2n) is 5.95. The van der Waals surface area contributed by atoms with E-state index in [-0.39, 0.29) is 25.9 Å². The zero-order valence-electron chi connectivity index (χ0n) is 19.0. The molecule has 182 valence electrons. The normalized spacial score (nSPS) is 10.4. The van der Waals surface area contributed by atoms with Crippen molar-refractivity contribution in [3.63, 3.8) is 0 Å². The van der Waals surface area contributed by atoms with Crippen molar-refractivity contribution >= 4 is 42.3 Å². The Morgan fingerprint density at radius 3 is 2.12 bits per heavy atom. The van der Waals surface area contributed by atoms with Gasteiger partial charge in [0, 0.05) is 12.0 Å². The summed E-state index contributed by atoms with van der Waals surface area (Å²) in [5.74, 6) is -2.27. The van der Waals surface area contributed by atoms with Crippen LogP contribution in [0.25, 0.3) is 6.08 Å². The van der Waals surface area contributed by atoms with Crippen molar-refractivity contribution in [3.8, 4) is 0 Å². The Bertz CT molecular complexity index is 792. The highest BCUT2D eigenvalue weighted by Gasteiger charge is 2.13. The first-order valence-corrected chi connectivity index (χ1v) is 10.1. The quantitative estimate of drug-likeness (QED) is 0.209. The van der Waals surface area contributed by atoms with Gasteiger partial charge in [-0.1, -0.05) is 32.1 Å². The number of rotatable bonds is 12. The number of nitrogens with two attached hydrogens (primary N) is 1. The van der Waals surface area contributed by atoms with E-state index in [2.05, 4.69) is 16.0 Å². The molecule has 11 nitrogen and oxygen atoms in total. The Kier molecular flexibility index (Phi) is 19.0. The molecular formula is C22H32N4O7. The molecule has 0 heterocycles. The summed E-state index contributed by atoms with van der Waals surface area (Å²) in [4.78, 5) is 63.7. The number of carboxylic acid groups (broad SMARTS) is 1. The third-order valence-corrected chi connectivity index (χ3v) is 3.67. The largest absolute Gasteiger partial charge is 0.481 e. The average molecular weight is 465 g/mol. The van der Waals surface area contributed by atoms with E-state index in [9.17, 15) is 28.8 Å². The van der Waals surface area contributed by atoms with Crippen LogP contribution in [-0.4, -0.2) is 67.5 Å². The highest BCUT2D eigenvalue weighted by Crippen LogP contribution is 2.05. The molecule has 0 radical (unpaired) electrons. The molecule has 11 heteroatoms. The van der Waals surface area contributed by atoms with E-state index < -0.39 is 29.7 Å². The topological polar surface area (TPSA) is 185 Å². The Labute approximate surface area is 192 Å². The van der Waals surface area contributed by atoms with Gasteiger partial charge in [-0.3, -0.25) is 24.0 Å². The molecule has 1 aromatic rings. The molecule has 6 N–H and O–H groups in total. The second-order valence-corrected chi connectivity index (χ2v) is 5.95. The summed E-state index contributed by atoms with van der Waals surface area (Å²) in [6.45, 7) is 3.73. The van der Waals surface area contributed by atoms with E-state index in [1.807, 2.05) is 13.8 Å². The van der Waals surface area contributed by atoms with Gasteiger partial charge in [0.05, 0.1) is 19.1 Å². The minimum atomic E-state index is -0.925. The van der Waals surface area contributed by atoms with Crippen molar-refractivity contribution in [3.05, 3.63) is 41.5 Å². The second kappa shape index (κ2) is 20.1. The highest BCUT2D eigenvalue weighted by atomic mass is 16.4. The van der Waals surface area contributed by atoms with Gasteiger partial charge in [0.15, 0.2) is 0 Å². The van der Waals surface area contributed by atoms with E-state index in [1.165, 1.54) is 6.08 Å². The van der Waals surface area contributed by atoms with Gasteiger partial charge in [0.1, 0.15) is 12.6 Å². The van der Waals surface area contributed by atoms with Gasteiger partial charge < -0.3 is 31.6 Å². The molecule has 0 spiro atoms. The standard InChI is InChI=1S/C14H14N2O4.C6H12N2O3.C2H6/c17-8-1-2-11-3-5-12(6-4-11)14(20)16-10-13(19)15-7-9-18;1-8-4(6(7)11)2-3-5(9)10;1-2/h1-6,8-9H,7,10H2,(H,15,19)(H,16,20);4,8H,2-3H2,1H3,(H2,7,11)(H,9,10);1-2H3/b2-1+;;. The monoisotopic (exact) mass is 464 g/mol. The summed E-state index contributed by atoms with van der Waals surface area (Å²) in [7, 11) is 1.57. The molecule has 1 atom stereocenters. The van der Waals surface area contributed by atoms with E-state index >= 15 is 0 Å². The van der Waals surface area contributed by atoms with Crippen LogP contribution < -0.4 is 21.7 Å². The molecule has 0 aliphatic heterocycles. The van der Waals surface area contributed by atoms with Crippen molar-refractivity contribution < 1.29 is 33.9 Å². The highest BCUT2D eigenvalue weighted by molar-refractivity contribution is 5.96. The zero-order valence-corrected chi connectivity index (χ0v) is 19.0. The molecule has 0 saturated heterocycles. The SMILES string of the molecule is CC.CNC(CCC(=O)O)C(N)=O.O=C/C=C/c1ccc(C(=O)NCC(=O)NCC=O)cc1. The number of benzene rings is 1. The summed E-state index contributed by atoms with van der Waals surface area (Å²) in [6.07, 6.45) is 4.38. The van der Waals surface area contributed by atoms with Crippen molar-refractivity contribution in [2.75, 3.05) is 20.1 Å². The van der Waals surface area contributed by atoms with E-state index in [0.717, 1.165) is 5.56 Å². The van der Waals surface area contributed by atoms with Crippen LogP contribution in [0.1, 0.15) is 42.6 Å². The third kappa shape index (κ3) is 16.5. The van der Waals surface area contributed by atoms with Crippen LogP contribution in [0, 0.1) is 0 Å². The number of primary amides is 1. The number of carbonyl (C=O) groups is 6. The summed E-state index contributed by atoms with van der Waals surface area (Å²) < 4.78 is 0. The Hall–Kier alpha value is -3.86.